The molecule has 2 aromatic heterocycles. The molecular formula is C21H14ClFN4O3. The summed E-state index contributed by atoms with van der Waals surface area (Å²) in [6, 6.07) is 15.7. The summed E-state index contributed by atoms with van der Waals surface area (Å²) < 4.78 is 20.1. The van der Waals surface area contributed by atoms with Crippen LogP contribution in [0.4, 0.5) is 10.1 Å². The standard InChI is InChI=1S/C21H14ClFN4O3/c22-14-9-7-13(8-10-14)19-25-20(30-26-19)15-4-3-11-27(21(15)29)12-18(28)24-17-6-2-1-5-16(17)23/h1-11H,12H2,(H,24,28). The van der Waals surface area contributed by atoms with E-state index in [2.05, 4.69) is 15.5 Å². The van der Waals surface area contributed by atoms with Crippen LogP contribution in [0.3, 0.4) is 0 Å². The van der Waals surface area contributed by atoms with Gasteiger partial charge in [-0.15, -0.1) is 0 Å². The number of anilines is 1. The third kappa shape index (κ3) is 4.13. The first-order valence-electron chi connectivity index (χ1n) is 8.85. The third-order valence-electron chi connectivity index (χ3n) is 4.24. The van der Waals surface area contributed by atoms with Crippen molar-refractivity contribution in [3.63, 3.8) is 0 Å². The van der Waals surface area contributed by atoms with Crippen molar-refractivity contribution in [1.29, 1.82) is 0 Å². The molecule has 4 aromatic rings. The van der Waals surface area contributed by atoms with E-state index in [0.717, 1.165) is 0 Å². The van der Waals surface area contributed by atoms with Gasteiger partial charge < -0.3 is 14.4 Å². The number of pyridine rings is 1. The molecule has 0 saturated heterocycles. The van der Waals surface area contributed by atoms with Gasteiger partial charge in [-0.1, -0.05) is 28.9 Å². The number of hydrogen-bond donors (Lipinski definition) is 1. The average Bonchev–Trinajstić information content (AvgIpc) is 3.22. The van der Waals surface area contributed by atoms with E-state index in [-0.39, 0.29) is 23.7 Å². The number of carbonyl (C=O) groups is 1. The molecule has 2 aromatic carbocycles. The molecule has 0 spiro atoms. The zero-order chi connectivity index (χ0) is 21.1. The van der Waals surface area contributed by atoms with Crippen molar-refractivity contribution in [2.45, 2.75) is 6.54 Å². The first kappa shape index (κ1) is 19.5. The third-order valence-corrected chi connectivity index (χ3v) is 4.49. The van der Waals surface area contributed by atoms with Crippen LogP contribution in [0.25, 0.3) is 22.8 Å². The maximum Gasteiger partial charge on any atom is 0.263 e. The molecule has 4 rings (SSSR count). The summed E-state index contributed by atoms with van der Waals surface area (Å²) in [6.45, 7) is -0.306. The van der Waals surface area contributed by atoms with E-state index in [1.165, 1.54) is 35.0 Å². The monoisotopic (exact) mass is 424 g/mol. The Labute approximate surface area is 174 Å². The number of para-hydroxylation sites is 1. The Balaban J connectivity index is 1.56. The maximum atomic E-state index is 13.7. The summed E-state index contributed by atoms with van der Waals surface area (Å²) in [6.07, 6.45) is 1.45. The molecule has 2 heterocycles. The van der Waals surface area contributed by atoms with Crippen LogP contribution in [0.2, 0.25) is 5.02 Å². The van der Waals surface area contributed by atoms with Crippen LogP contribution in [0.1, 0.15) is 0 Å². The van der Waals surface area contributed by atoms with Gasteiger partial charge in [0.2, 0.25) is 11.7 Å². The summed E-state index contributed by atoms with van der Waals surface area (Å²) in [7, 11) is 0. The fourth-order valence-electron chi connectivity index (χ4n) is 2.78. The van der Waals surface area contributed by atoms with Gasteiger partial charge >= 0.3 is 0 Å². The van der Waals surface area contributed by atoms with Crippen LogP contribution in [0.5, 0.6) is 0 Å². The van der Waals surface area contributed by atoms with Gasteiger partial charge in [0.25, 0.3) is 11.4 Å². The van der Waals surface area contributed by atoms with Crippen molar-refractivity contribution in [2.75, 3.05) is 5.32 Å². The highest BCUT2D eigenvalue weighted by molar-refractivity contribution is 6.30. The predicted molar refractivity (Wildman–Crippen MR) is 109 cm³/mol. The lowest BCUT2D eigenvalue weighted by Gasteiger charge is -2.08. The highest BCUT2D eigenvalue weighted by Crippen LogP contribution is 2.21. The van der Waals surface area contributed by atoms with Gasteiger partial charge in [-0.3, -0.25) is 9.59 Å². The van der Waals surface area contributed by atoms with Gasteiger partial charge in [0.15, 0.2) is 0 Å². The second kappa shape index (κ2) is 8.30. The van der Waals surface area contributed by atoms with Gasteiger partial charge in [-0.25, -0.2) is 4.39 Å². The predicted octanol–water partition coefficient (Wildman–Crippen LogP) is 4.00. The number of nitrogens with one attached hydrogen (secondary N) is 1. The second-order valence-corrected chi connectivity index (χ2v) is 6.75. The number of halogens is 2. The lowest BCUT2D eigenvalue weighted by atomic mass is 10.2. The van der Waals surface area contributed by atoms with E-state index in [9.17, 15) is 14.0 Å². The number of benzene rings is 2. The highest BCUT2D eigenvalue weighted by atomic mass is 35.5. The maximum absolute atomic E-state index is 13.7. The topological polar surface area (TPSA) is 90.0 Å². The van der Waals surface area contributed by atoms with Gasteiger partial charge in [0.05, 0.1) is 5.69 Å². The smallest absolute Gasteiger partial charge is 0.263 e. The van der Waals surface area contributed by atoms with E-state index in [1.807, 2.05) is 0 Å². The average molecular weight is 425 g/mol. The van der Waals surface area contributed by atoms with Gasteiger partial charge in [0, 0.05) is 16.8 Å². The van der Waals surface area contributed by atoms with Crippen molar-refractivity contribution in [3.8, 4) is 22.8 Å². The Morgan fingerprint density at radius 2 is 1.87 bits per heavy atom. The molecule has 0 bridgehead atoms. The van der Waals surface area contributed by atoms with Gasteiger partial charge in [0.1, 0.15) is 17.9 Å². The number of carbonyl (C=O) groups excluding carboxylic acids is 1. The Hall–Kier alpha value is -3.78. The van der Waals surface area contributed by atoms with Crippen molar-refractivity contribution >= 4 is 23.2 Å². The number of aromatic nitrogens is 3. The van der Waals surface area contributed by atoms with Gasteiger partial charge in [-0.05, 0) is 48.5 Å². The Bertz CT molecular complexity index is 1270. The zero-order valence-corrected chi connectivity index (χ0v) is 16.1. The zero-order valence-electron chi connectivity index (χ0n) is 15.4. The molecule has 0 aliphatic carbocycles. The molecule has 0 saturated carbocycles. The Morgan fingerprint density at radius 1 is 1.10 bits per heavy atom. The summed E-state index contributed by atoms with van der Waals surface area (Å²) in [5, 5.41) is 6.90. The molecule has 30 heavy (non-hydrogen) atoms. The Morgan fingerprint density at radius 3 is 2.63 bits per heavy atom. The number of nitrogens with zero attached hydrogens (tertiary/aromatic N) is 3. The van der Waals surface area contributed by atoms with E-state index in [4.69, 9.17) is 16.1 Å². The van der Waals surface area contributed by atoms with Crippen LogP contribution >= 0.6 is 11.6 Å². The fraction of sp³-hybridized carbons (Fsp3) is 0.0476. The summed E-state index contributed by atoms with van der Waals surface area (Å²) >= 11 is 5.88. The molecular weight excluding hydrogens is 411 g/mol. The first-order valence-corrected chi connectivity index (χ1v) is 9.23. The molecule has 1 amide bonds. The van der Waals surface area contributed by atoms with Crippen LogP contribution < -0.4 is 10.9 Å². The minimum absolute atomic E-state index is 0.0220. The van der Waals surface area contributed by atoms with Gasteiger partial charge in [-0.2, -0.15) is 4.98 Å². The first-order chi connectivity index (χ1) is 14.5. The molecule has 9 heteroatoms. The molecule has 150 valence electrons. The normalized spacial score (nSPS) is 10.7. The fourth-order valence-corrected chi connectivity index (χ4v) is 2.91. The molecule has 1 N–H and O–H groups in total. The minimum atomic E-state index is -0.562. The quantitative estimate of drug-likeness (QED) is 0.523. The molecule has 0 unspecified atom stereocenters. The number of rotatable bonds is 5. The molecule has 7 nitrogen and oxygen atoms in total. The van der Waals surface area contributed by atoms with Crippen molar-refractivity contribution in [1.82, 2.24) is 14.7 Å². The summed E-state index contributed by atoms with van der Waals surface area (Å²) in [4.78, 5) is 29.3. The molecule has 0 atom stereocenters. The lowest BCUT2D eigenvalue weighted by Crippen LogP contribution is -2.28. The largest absolute Gasteiger partial charge is 0.333 e. The highest BCUT2D eigenvalue weighted by Gasteiger charge is 2.16. The molecule has 0 fully saturated rings. The second-order valence-electron chi connectivity index (χ2n) is 6.31. The Kier molecular flexibility index (Phi) is 5.40. The molecule has 0 aliphatic heterocycles. The van der Waals surface area contributed by atoms with Crippen LogP contribution in [-0.4, -0.2) is 20.6 Å². The number of hydrogen-bond acceptors (Lipinski definition) is 5. The van der Waals surface area contributed by atoms with Crippen molar-refractivity contribution in [3.05, 3.63) is 88.1 Å². The van der Waals surface area contributed by atoms with Crippen molar-refractivity contribution < 1.29 is 13.7 Å². The van der Waals surface area contributed by atoms with E-state index in [1.54, 1.807) is 36.4 Å². The minimum Gasteiger partial charge on any atom is -0.333 e. The van der Waals surface area contributed by atoms with Crippen LogP contribution in [0.15, 0.2) is 76.2 Å². The van der Waals surface area contributed by atoms with E-state index >= 15 is 0 Å². The summed E-state index contributed by atoms with van der Waals surface area (Å²) in [5.41, 5.74) is 0.363. The van der Waals surface area contributed by atoms with Crippen molar-refractivity contribution in [2.24, 2.45) is 0 Å². The number of amides is 1. The van der Waals surface area contributed by atoms with E-state index in [0.29, 0.717) is 16.4 Å². The lowest BCUT2D eigenvalue weighted by molar-refractivity contribution is -0.116. The molecule has 0 radical (unpaired) electrons. The van der Waals surface area contributed by atoms with E-state index < -0.39 is 17.3 Å². The van der Waals surface area contributed by atoms with Crippen LogP contribution in [0, 0.1) is 5.82 Å². The summed E-state index contributed by atoms with van der Waals surface area (Å²) in [5.74, 6) is -0.790. The molecule has 0 aliphatic rings. The SMILES string of the molecule is O=C(Cn1cccc(-c2nc(-c3ccc(Cl)cc3)no2)c1=O)Nc1ccccc1F. The van der Waals surface area contributed by atoms with Crippen LogP contribution in [-0.2, 0) is 11.3 Å².